The summed E-state index contributed by atoms with van der Waals surface area (Å²) in [7, 11) is 0. The number of thiazole rings is 1. The van der Waals surface area contributed by atoms with E-state index in [9.17, 15) is 4.79 Å². The lowest BCUT2D eigenvalue weighted by molar-refractivity contribution is 0.0959. The Bertz CT molecular complexity index is 1020. The fourth-order valence-corrected chi connectivity index (χ4v) is 3.96. The van der Waals surface area contributed by atoms with Crippen molar-refractivity contribution in [1.29, 1.82) is 0 Å². The number of carbonyl (C=O) groups is 1. The van der Waals surface area contributed by atoms with Crippen LogP contribution in [0.15, 0.2) is 59.7 Å². The molecular weight excluding hydrogens is 407 g/mol. The number of hydrogen-bond donors (Lipinski definition) is 0. The number of benzene rings is 1. The molecule has 0 bridgehead atoms. The van der Waals surface area contributed by atoms with Gasteiger partial charge < -0.3 is 8.98 Å². The Kier molecular flexibility index (Phi) is 6.15. The van der Waals surface area contributed by atoms with Gasteiger partial charge in [-0.15, -0.1) is 12.4 Å². The van der Waals surface area contributed by atoms with E-state index in [0.717, 1.165) is 17.7 Å². The second kappa shape index (κ2) is 8.56. The molecule has 1 aromatic carbocycles. The van der Waals surface area contributed by atoms with Crippen LogP contribution in [0, 0.1) is 0 Å². The number of rotatable bonds is 6. The SMILES string of the molecule is Cl.O=C(c1ccco1)N(CCCn1ccnc1)c1nc2c(Cl)cccc2s1. The smallest absolute Gasteiger partial charge is 0.295 e. The zero-order chi connectivity index (χ0) is 17.9. The summed E-state index contributed by atoms with van der Waals surface area (Å²) in [5.74, 6) is 0.0776. The van der Waals surface area contributed by atoms with Gasteiger partial charge in [-0.1, -0.05) is 29.0 Å². The van der Waals surface area contributed by atoms with Crippen LogP contribution in [0.2, 0.25) is 5.02 Å². The van der Waals surface area contributed by atoms with Crippen molar-refractivity contribution in [3.63, 3.8) is 0 Å². The number of amides is 1. The molecule has 0 N–H and O–H groups in total. The highest BCUT2D eigenvalue weighted by Gasteiger charge is 2.23. The summed E-state index contributed by atoms with van der Waals surface area (Å²) in [6.07, 6.45) is 7.65. The molecule has 4 aromatic rings. The highest BCUT2D eigenvalue weighted by atomic mass is 35.5. The van der Waals surface area contributed by atoms with Gasteiger partial charge in [-0.25, -0.2) is 9.97 Å². The molecule has 0 saturated heterocycles. The van der Waals surface area contributed by atoms with E-state index < -0.39 is 0 Å². The summed E-state index contributed by atoms with van der Waals surface area (Å²) in [6.45, 7) is 1.27. The molecule has 6 nitrogen and oxygen atoms in total. The molecule has 0 atom stereocenters. The second-order valence-corrected chi connectivity index (χ2v) is 7.09. The zero-order valence-corrected chi connectivity index (χ0v) is 16.5. The largest absolute Gasteiger partial charge is 0.459 e. The summed E-state index contributed by atoms with van der Waals surface area (Å²) in [4.78, 5) is 23.2. The van der Waals surface area contributed by atoms with Crippen molar-refractivity contribution in [2.24, 2.45) is 0 Å². The lowest BCUT2D eigenvalue weighted by Gasteiger charge is -2.18. The number of furan rings is 1. The van der Waals surface area contributed by atoms with Crippen molar-refractivity contribution in [3.05, 3.63) is 66.1 Å². The first-order valence-electron chi connectivity index (χ1n) is 8.08. The molecule has 1 amide bonds. The van der Waals surface area contributed by atoms with E-state index in [-0.39, 0.29) is 24.1 Å². The first-order valence-corrected chi connectivity index (χ1v) is 9.28. The Labute approximate surface area is 170 Å². The normalized spacial score (nSPS) is 10.7. The minimum absolute atomic E-state index is 0. The van der Waals surface area contributed by atoms with Crippen LogP contribution in [0.25, 0.3) is 10.2 Å². The molecule has 0 aliphatic rings. The van der Waals surface area contributed by atoms with Gasteiger partial charge in [0, 0.05) is 25.5 Å². The summed E-state index contributed by atoms with van der Waals surface area (Å²) >= 11 is 7.68. The average molecular weight is 423 g/mol. The number of para-hydroxylation sites is 1. The van der Waals surface area contributed by atoms with Gasteiger partial charge in [-0.05, 0) is 30.7 Å². The highest BCUT2D eigenvalue weighted by Crippen LogP contribution is 2.33. The number of aryl methyl sites for hydroxylation is 1. The van der Waals surface area contributed by atoms with Crippen molar-refractivity contribution in [1.82, 2.24) is 14.5 Å². The van der Waals surface area contributed by atoms with E-state index in [1.807, 2.05) is 22.9 Å². The molecule has 3 heterocycles. The van der Waals surface area contributed by atoms with Crippen molar-refractivity contribution >= 4 is 56.6 Å². The first kappa shape index (κ1) is 19.4. The molecule has 27 heavy (non-hydrogen) atoms. The molecule has 0 saturated carbocycles. The van der Waals surface area contributed by atoms with Gasteiger partial charge >= 0.3 is 0 Å². The van der Waals surface area contributed by atoms with Crippen LogP contribution in [0.5, 0.6) is 0 Å². The van der Waals surface area contributed by atoms with Gasteiger partial charge in [-0.3, -0.25) is 9.69 Å². The van der Waals surface area contributed by atoms with Crippen LogP contribution in [0.4, 0.5) is 5.13 Å². The van der Waals surface area contributed by atoms with Crippen molar-refractivity contribution < 1.29 is 9.21 Å². The van der Waals surface area contributed by atoms with Gasteiger partial charge in [-0.2, -0.15) is 0 Å². The fraction of sp³-hybridized carbons (Fsp3) is 0.167. The van der Waals surface area contributed by atoms with Crippen LogP contribution in [-0.4, -0.2) is 27.0 Å². The maximum absolute atomic E-state index is 12.9. The molecule has 0 fully saturated rings. The fourth-order valence-electron chi connectivity index (χ4n) is 2.67. The predicted molar refractivity (Wildman–Crippen MR) is 109 cm³/mol. The summed E-state index contributed by atoms with van der Waals surface area (Å²) in [6, 6.07) is 8.98. The predicted octanol–water partition coefficient (Wildman–Crippen LogP) is 4.90. The average Bonchev–Trinajstić information content (AvgIpc) is 3.39. The second-order valence-electron chi connectivity index (χ2n) is 5.67. The Morgan fingerprint density at radius 3 is 2.89 bits per heavy atom. The summed E-state index contributed by atoms with van der Waals surface area (Å²) in [5.41, 5.74) is 0.709. The van der Waals surface area contributed by atoms with Gasteiger partial charge in [0.05, 0.1) is 22.3 Å². The number of nitrogens with zero attached hydrogens (tertiary/aromatic N) is 4. The Morgan fingerprint density at radius 2 is 2.19 bits per heavy atom. The Balaban J connectivity index is 0.00000210. The van der Waals surface area contributed by atoms with E-state index in [0.29, 0.717) is 22.2 Å². The summed E-state index contributed by atoms with van der Waals surface area (Å²) in [5, 5.41) is 1.19. The Hall–Kier alpha value is -2.35. The topological polar surface area (TPSA) is 64.2 Å². The Morgan fingerprint density at radius 1 is 1.30 bits per heavy atom. The maximum atomic E-state index is 12.9. The van der Waals surface area contributed by atoms with Gasteiger partial charge in [0.1, 0.15) is 5.52 Å². The molecule has 0 unspecified atom stereocenters. The number of anilines is 1. The zero-order valence-electron chi connectivity index (χ0n) is 14.1. The molecule has 0 spiro atoms. The molecule has 140 valence electrons. The lowest BCUT2D eigenvalue weighted by Crippen LogP contribution is -2.32. The lowest BCUT2D eigenvalue weighted by atomic mass is 10.3. The van der Waals surface area contributed by atoms with Crippen LogP contribution in [-0.2, 0) is 6.54 Å². The minimum Gasteiger partial charge on any atom is -0.459 e. The third-order valence-electron chi connectivity index (χ3n) is 3.92. The molecule has 0 radical (unpaired) electrons. The van der Waals surface area contributed by atoms with Crippen LogP contribution < -0.4 is 4.90 Å². The van der Waals surface area contributed by atoms with Crippen LogP contribution in [0.1, 0.15) is 17.0 Å². The third-order valence-corrected chi connectivity index (χ3v) is 5.27. The number of carbonyl (C=O) groups excluding carboxylic acids is 1. The van der Waals surface area contributed by atoms with E-state index in [1.54, 1.807) is 35.6 Å². The molecule has 3 aromatic heterocycles. The minimum atomic E-state index is -0.212. The van der Waals surface area contributed by atoms with Crippen LogP contribution >= 0.6 is 35.3 Å². The number of aromatic nitrogens is 3. The van der Waals surface area contributed by atoms with Gasteiger partial charge in [0.15, 0.2) is 10.9 Å². The van der Waals surface area contributed by atoms with Gasteiger partial charge in [0.2, 0.25) is 0 Å². The number of hydrogen-bond acceptors (Lipinski definition) is 5. The quantitative estimate of drug-likeness (QED) is 0.443. The van der Waals surface area contributed by atoms with Crippen molar-refractivity contribution in [3.8, 4) is 0 Å². The number of halogens is 2. The third kappa shape index (κ3) is 4.16. The molecule has 0 aliphatic heterocycles. The van der Waals surface area contributed by atoms with Gasteiger partial charge in [0.25, 0.3) is 5.91 Å². The van der Waals surface area contributed by atoms with Crippen molar-refractivity contribution in [2.75, 3.05) is 11.4 Å². The number of imidazole rings is 1. The molecule has 4 rings (SSSR count). The van der Waals surface area contributed by atoms with E-state index >= 15 is 0 Å². The number of fused-ring (bicyclic) bond motifs is 1. The van der Waals surface area contributed by atoms with E-state index in [4.69, 9.17) is 16.0 Å². The summed E-state index contributed by atoms with van der Waals surface area (Å²) < 4.78 is 8.21. The standard InChI is InChI=1S/C18H15ClN4O2S.ClH/c19-13-4-1-6-15-16(13)21-18(26-15)23(17(24)14-5-2-11-25-14)9-3-8-22-10-7-20-12-22;/h1-2,4-7,10-12H,3,8-9H2;1H. The van der Waals surface area contributed by atoms with E-state index in [1.165, 1.54) is 17.6 Å². The van der Waals surface area contributed by atoms with Crippen LogP contribution in [0.3, 0.4) is 0 Å². The maximum Gasteiger partial charge on any atom is 0.295 e. The van der Waals surface area contributed by atoms with Crippen molar-refractivity contribution in [2.45, 2.75) is 13.0 Å². The molecule has 0 aliphatic carbocycles. The highest BCUT2D eigenvalue weighted by molar-refractivity contribution is 7.22. The molecule has 9 heteroatoms. The monoisotopic (exact) mass is 422 g/mol. The first-order chi connectivity index (χ1) is 12.7. The van der Waals surface area contributed by atoms with E-state index in [2.05, 4.69) is 9.97 Å². The molecular formula is C18H16Cl2N4O2S.